The van der Waals surface area contributed by atoms with E-state index in [1.807, 2.05) is 0 Å². The molecule has 33 heavy (non-hydrogen) atoms. The highest BCUT2D eigenvalue weighted by atomic mass is 32.2. The molecule has 3 aliphatic carbocycles. The third kappa shape index (κ3) is 3.37. The van der Waals surface area contributed by atoms with E-state index in [2.05, 4.69) is 0 Å². The number of Topliss-reactive ketones (excluding diaryl/α,β-unsaturated/α-hetero) is 4. The largest absolute Gasteiger partial charge is 0.506 e. The van der Waals surface area contributed by atoms with Gasteiger partial charge in [0.25, 0.3) is 0 Å². The molecule has 2 unspecified atom stereocenters. The molecule has 4 rings (SSSR count). The van der Waals surface area contributed by atoms with Crippen LogP contribution in [0.2, 0.25) is 0 Å². The molecule has 174 valence electrons. The Labute approximate surface area is 191 Å². The summed E-state index contributed by atoms with van der Waals surface area (Å²) in [4.78, 5) is 75.4. The van der Waals surface area contributed by atoms with E-state index in [4.69, 9.17) is 10.5 Å². The van der Waals surface area contributed by atoms with Crippen LogP contribution in [-0.2, 0) is 30.3 Å². The number of phenolic OH excluding ortho intramolecular Hbond substituents is 1. The van der Waals surface area contributed by atoms with Gasteiger partial charge in [0.2, 0.25) is 5.91 Å². The van der Waals surface area contributed by atoms with Gasteiger partial charge in [-0.15, -0.1) is 0 Å². The van der Waals surface area contributed by atoms with Gasteiger partial charge in [-0.25, -0.2) is 4.79 Å². The first-order chi connectivity index (χ1) is 15.5. The van der Waals surface area contributed by atoms with Gasteiger partial charge in [-0.3, -0.25) is 24.0 Å². The van der Waals surface area contributed by atoms with Crippen molar-refractivity contribution in [3.05, 3.63) is 23.3 Å². The number of nitrogens with two attached hydrogens (primary N) is 1. The first-order valence-electron chi connectivity index (χ1n) is 10.4. The van der Waals surface area contributed by atoms with Crippen LogP contribution in [0.5, 0.6) is 5.75 Å². The zero-order chi connectivity index (χ0) is 24.2. The number of hydrogen-bond donors (Lipinski definition) is 3. The van der Waals surface area contributed by atoms with E-state index < -0.39 is 69.4 Å². The van der Waals surface area contributed by atoms with Crippen LogP contribution in [0.15, 0.2) is 17.0 Å². The number of carbonyl (C=O) groups is 6. The average molecular weight is 475 g/mol. The minimum atomic E-state index is -2.69. The highest BCUT2D eigenvalue weighted by Gasteiger charge is 2.66. The standard InChI is InChI=1S/C22H21NO9S/c1-2-32-21(30)33-12-4-3-8-5-9-6-10-7-11(24)15(20(23)29)19(28)22(10,31)18(27)14(9)17(26)13(8)16(12)25/h3-4,9-10,14-15,25,31H,2,5-7H2,1H3,(H2,23,29)/t9-,10-,14?,15?,22-/m0/s1. The molecule has 1 amide bonds. The Bertz CT molecular complexity index is 1130. The number of phenols is 1. The molecule has 1 aromatic rings. The summed E-state index contributed by atoms with van der Waals surface area (Å²) in [5.41, 5.74) is 2.76. The lowest BCUT2D eigenvalue weighted by Crippen LogP contribution is -2.68. The van der Waals surface area contributed by atoms with Crippen molar-refractivity contribution in [2.24, 2.45) is 29.4 Å². The van der Waals surface area contributed by atoms with E-state index in [9.17, 15) is 39.0 Å². The summed E-state index contributed by atoms with van der Waals surface area (Å²) in [5, 5.41) is 21.1. The summed E-state index contributed by atoms with van der Waals surface area (Å²) in [6.07, 6.45) is -0.170. The van der Waals surface area contributed by atoms with Crippen molar-refractivity contribution in [1.29, 1.82) is 0 Å². The predicted octanol–water partition coefficient (Wildman–Crippen LogP) is 0.575. The second kappa shape index (κ2) is 8.07. The Balaban J connectivity index is 1.73. The molecular formula is C22H21NO9S. The number of aromatic hydroxyl groups is 1. The van der Waals surface area contributed by atoms with Crippen molar-refractivity contribution < 1.29 is 43.7 Å². The smallest absolute Gasteiger partial charge is 0.372 e. The molecule has 1 aromatic carbocycles. The molecular weight excluding hydrogens is 454 g/mol. The van der Waals surface area contributed by atoms with Crippen LogP contribution in [0.25, 0.3) is 0 Å². The van der Waals surface area contributed by atoms with Crippen molar-refractivity contribution in [2.45, 2.75) is 36.7 Å². The average Bonchev–Trinajstić information content (AvgIpc) is 2.72. The lowest BCUT2D eigenvalue weighted by atomic mass is 9.54. The van der Waals surface area contributed by atoms with E-state index >= 15 is 0 Å². The Hall–Kier alpha value is -3.05. The van der Waals surface area contributed by atoms with Gasteiger partial charge in [-0.1, -0.05) is 6.07 Å². The minimum absolute atomic E-state index is 0.0289. The molecule has 5 atom stereocenters. The van der Waals surface area contributed by atoms with E-state index in [0.717, 1.165) is 0 Å². The topological polar surface area (TPSA) is 178 Å². The number of hydrogen-bond acceptors (Lipinski definition) is 10. The summed E-state index contributed by atoms with van der Waals surface area (Å²) < 4.78 is 4.83. The fraction of sp³-hybridized carbons (Fsp3) is 0.455. The quantitative estimate of drug-likeness (QED) is 0.318. The normalized spacial score (nSPS) is 30.8. The van der Waals surface area contributed by atoms with Crippen LogP contribution in [0.1, 0.15) is 35.7 Å². The highest BCUT2D eigenvalue weighted by Crippen LogP contribution is 2.50. The number of benzene rings is 1. The van der Waals surface area contributed by atoms with E-state index in [0.29, 0.717) is 17.3 Å². The maximum atomic E-state index is 13.4. The summed E-state index contributed by atoms with van der Waals surface area (Å²) in [6, 6.07) is 3.03. The maximum Gasteiger partial charge on any atom is 0.372 e. The molecule has 0 spiro atoms. The van der Waals surface area contributed by atoms with Gasteiger partial charge in [0.05, 0.1) is 23.0 Å². The Kier molecular flexibility index (Phi) is 5.65. The lowest BCUT2D eigenvalue weighted by molar-refractivity contribution is -0.175. The van der Waals surface area contributed by atoms with E-state index in [-0.39, 0.29) is 36.3 Å². The van der Waals surface area contributed by atoms with Gasteiger partial charge in [-0.2, -0.15) is 0 Å². The van der Waals surface area contributed by atoms with Gasteiger partial charge in [0, 0.05) is 12.3 Å². The minimum Gasteiger partial charge on any atom is -0.506 e. The van der Waals surface area contributed by atoms with Gasteiger partial charge in [0.15, 0.2) is 34.7 Å². The van der Waals surface area contributed by atoms with Gasteiger partial charge >= 0.3 is 5.30 Å². The number of primary amides is 1. The van der Waals surface area contributed by atoms with Crippen molar-refractivity contribution in [1.82, 2.24) is 0 Å². The fourth-order valence-electron chi connectivity index (χ4n) is 5.24. The molecule has 0 heterocycles. The molecule has 2 saturated carbocycles. The molecule has 10 nitrogen and oxygen atoms in total. The molecule has 4 N–H and O–H groups in total. The first-order valence-corrected chi connectivity index (χ1v) is 11.2. The fourth-order valence-corrected chi connectivity index (χ4v) is 5.93. The molecule has 0 bridgehead atoms. The molecule has 0 aromatic heterocycles. The SMILES string of the molecule is CCOC(=O)Sc1ccc2c(c1O)C(=O)C1C(=O)[C@]3(O)C(=O)C(C(N)=O)C(=O)C[C@@H]3C[C@@H]1C2. The van der Waals surface area contributed by atoms with Crippen LogP contribution in [0.3, 0.4) is 0 Å². The molecule has 3 aliphatic rings. The predicted molar refractivity (Wildman–Crippen MR) is 111 cm³/mol. The summed E-state index contributed by atoms with van der Waals surface area (Å²) in [6.45, 7) is 1.74. The number of carbonyl (C=O) groups excluding carboxylic acids is 6. The van der Waals surface area contributed by atoms with Gasteiger partial charge in [0.1, 0.15) is 5.75 Å². The van der Waals surface area contributed by atoms with Gasteiger partial charge < -0.3 is 20.7 Å². The third-order valence-corrected chi connectivity index (χ3v) is 7.53. The van der Waals surface area contributed by atoms with Crippen LogP contribution < -0.4 is 5.73 Å². The van der Waals surface area contributed by atoms with Crippen molar-refractivity contribution in [2.75, 3.05) is 6.61 Å². The number of amides is 1. The van der Waals surface area contributed by atoms with Crippen molar-refractivity contribution in [3.8, 4) is 5.75 Å². The van der Waals surface area contributed by atoms with E-state index in [1.54, 1.807) is 13.0 Å². The zero-order valence-corrected chi connectivity index (χ0v) is 18.3. The Morgan fingerprint density at radius 1 is 1.18 bits per heavy atom. The number of fused-ring (bicyclic) bond motifs is 3. The van der Waals surface area contributed by atoms with Crippen LogP contribution in [0.4, 0.5) is 4.79 Å². The van der Waals surface area contributed by atoms with Crippen LogP contribution in [0, 0.1) is 23.7 Å². The Morgan fingerprint density at radius 3 is 2.52 bits per heavy atom. The third-order valence-electron chi connectivity index (χ3n) is 6.69. The van der Waals surface area contributed by atoms with Gasteiger partial charge in [-0.05, 0) is 49.1 Å². The van der Waals surface area contributed by atoms with Crippen molar-refractivity contribution >= 4 is 46.1 Å². The molecule has 11 heteroatoms. The second-order valence-corrected chi connectivity index (χ2v) is 9.45. The van der Waals surface area contributed by atoms with Crippen LogP contribution >= 0.6 is 11.8 Å². The molecule has 0 saturated heterocycles. The van der Waals surface area contributed by atoms with E-state index in [1.165, 1.54) is 6.07 Å². The van der Waals surface area contributed by atoms with Crippen LogP contribution in [-0.4, -0.2) is 56.8 Å². The zero-order valence-electron chi connectivity index (χ0n) is 17.5. The second-order valence-electron chi connectivity index (χ2n) is 8.47. The summed E-state index contributed by atoms with van der Waals surface area (Å²) in [5.74, 6) is -10.7. The Morgan fingerprint density at radius 2 is 1.88 bits per heavy atom. The summed E-state index contributed by atoms with van der Waals surface area (Å²) in [7, 11) is 0. The first kappa shape index (κ1) is 23.1. The molecule has 0 radical (unpaired) electrons. The molecule has 0 aliphatic heterocycles. The highest BCUT2D eigenvalue weighted by molar-refractivity contribution is 8.13. The monoisotopic (exact) mass is 475 g/mol. The summed E-state index contributed by atoms with van der Waals surface area (Å²) >= 11 is 0.581. The van der Waals surface area contributed by atoms with Crippen molar-refractivity contribution in [3.63, 3.8) is 0 Å². The number of aliphatic hydroxyl groups is 1. The maximum absolute atomic E-state index is 13.4. The molecule has 2 fully saturated rings. The number of ketones is 4. The number of thioether (sulfide) groups is 1. The lowest BCUT2D eigenvalue weighted by Gasteiger charge is -2.48. The number of ether oxygens (including phenoxy) is 1. The number of rotatable bonds is 3.